The Balaban J connectivity index is 3.02. The molecule has 1 amide bonds. The summed E-state index contributed by atoms with van der Waals surface area (Å²) in [6, 6.07) is 2.67. The number of benzene rings is 1. The van der Waals surface area contributed by atoms with Gasteiger partial charge in [-0.25, -0.2) is 0 Å². The van der Waals surface area contributed by atoms with E-state index < -0.39 is 17.6 Å². The highest BCUT2D eigenvalue weighted by atomic mass is 19.4. The lowest BCUT2D eigenvalue weighted by Gasteiger charge is -2.15. The van der Waals surface area contributed by atoms with E-state index in [1.807, 2.05) is 6.92 Å². The molecule has 106 valence electrons. The molecule has 0 spiro atoms. The molecule has 0 bridgehead atoms. The van der Waals surface area contributed by atoms with Gasteiger partial charge in [-0.1, -0.05) is 6.92 Å². The van der Waals surface area contributed by atoms with Crippen molar-refractivity contribution in [2.24, 2.45) is 11.5 Å². The summed E-state index contributed by atoms with van der Waals surface area (Å²) in [6.45, 7) is 2.23. The van der Waals surface area contributed by atoms with Gasteiger partial charge >= 0.3 is 6.18 Å². The van der Waals surface area contributed by atoms with Crippen molar-refractivity contribution in [2.75, 3.05) is 11.9 Å². The summed E-state index contributed by atoms with van der Waals surface area (Å²) in [5.41, 5.74) is 9.92. The third-order valence-corrected chi connectivity index (χ3v) is 2.69. The van der Waals surface area contributed by atoms with E-state index in [0.717, 1.165) is 12.1 Å². The van der Waals surface area contributed by atoms with E-state index in [4.69, 9.17) is 11.5 Å². The van der Waals surface area contributed by atoms with Crippen LogP contribution in [0.1, 0.15) is 29.3 Å². The van der Waals surface area contributed by atoms with Gasteiger partial charge in [0, 0.05) is 18.3 Å². The second-order valence-electron chi connectivity index (χ2n) is 4.17. The number of nitrogens with two attached hydrogens (primary N) is 2. The van der Waals surface area contributed by atoms with E-state index in [9.17, 15) is 18.0 Å². The first-order chi connectivity index (χ1) is 8.75. The van der Waals surface area contributed by atoms with Crippen molar-refractivity contribution in [1.82, 2.24) is 0 Å². The molecular formula is C12H16F3N3O. The minimum Gasteiger partial charge on any atom is -0.383 e. The third kappa shape index (κ3) is 4.13. The topological polar surface area (TPSA) is 81.1 Å². The normalized spacial score (nSPS) is 13.1. The molecular weight excluding hydrogens is 259 g/mol. The van der Waals surface area contributed by atoms with Crippen molar-refractivity contribution in [3.63, 3.8) is 0 Å². The quantitative estimate of drug-likeness (QED) is 0.768. The molecule has 1 aromatic carbocycles. The lowest BCUT2D eigenvalue weighted by molar-refractivity contribution is -0.137. The molecule has 0 aliphatic rings. The predicted octanol–water partition coefficient (Wildman–Crippen LogP) is 1.95. The fourth-order valence-corrected chi connectivity index (χ4v) is 1.46. The van der Waals surface area contributed by atoms with Gasteiger partial charge in [-0.15, -0.1) is 0 Å². The Bertz CT molecular complexity index is 460. The van der Waals surface area contributed by atoms with E-state index in [0.29, 0.717) is 13.0 Å². The maximum Gasteiger partial charge on any atom is 0.416 e. The third-order valence-electron chi connectivity index (χ3n) is 2.69. The van der Waals surface area contributed by atoms with Crippen molar-refractivity contribution in [2.45, 2.75) is 25.6 Å². The monoisotopic (exact) mass is 275 g/mol. The maximum atomic E-state index is 12.5. The van der Waals surface area contributed by atoms with Crippen LogP contribution in [0, 0.1) is 0 Å². The first-order valence-electron chi connectivity index (χ1n) is 5.76. The molecule has 7 heteroatoms. The van der Waals surface area contributed by atoms with Gasteiger partial charge in [-0.2, -0.15) is 13.2 Å². The number of hydrogen-bond acceptors (Lipinski definition) is 3. The van der Waals surface area contributed by atoms with E-state index in [1.165, 1.54) is 6.07 Å². The molecule has 1 atom stereocenters. The molecule has 0 saturated carbocycles. The van der Waals surface area contributed by atoms with Crippen molar-refractivity contribution in [3.8, 4) is 0 Å². The van der Waals surface area contributed by atoms with Crippen LogP contribution in [0.4, 0.5) is 18.9 Å². The van der Waals surface area contributed by atoms with Crippen LogP contribution >= 0.6 is 0 Å². The average molecular weight is 275 g/mol. The highest BCUT2D eigenvalue weighted by molar-refractivity contribution is 5.98. The lowest BCUT2D eigenvalue weighted by Crippen LogP contribution is -2.29. The molecule has 5 N–H and O–H groups in total. The van der Waals surface area contributed by atoms with E-state index in [2.05, 4.69) is 5.32 Å². The summed E-state index contributed by atoms with van der Waals surface area (Å²) in [4.78, 5) is 11.2. The molecule has 19 heavy (non-hydrogen) atoms. The van der Waals surface area contributed by atoms with Crippen LogP contribution in [0.2, 0.25) is 0 Å². The summed E-state index contributed by atoms with van der Waals surface area (Å²) in [5.74, 6) is -0.918. The number of carbonyl (C=O) groups excluding carboxylic acids is 1. The largest absolute Gasteiger partial charge is 0.416 e. The van der Waals surface area contributed by atoms with Crippen molar-refractivity contribution in [1.29, 1.82) is 0 Å². The van der Waals surface area contributed by atoms with Crippen molar-refractivity contribution >= 4 is 11.6 Å². The minimum atomic E-state index is -4.51. The maximum absolute atomic E-state index is 12.5. The van der Waals surface area contributed by atoms with Gasteiger partial charge in [-0.3, -0.25) is 4.79 Å². The Kier molecular flexibility index (Phi) is 4.77. The molecule has 0 aliphatic heterocycles. The standard InChI is InChI=1S/C12H16F3N3O/c1-2-8(16)6-18-10-4-3-7(12(13,14)15)5-9(10)11(17)19/h3-5,8,18H,2,6,16H2,1H3,(H2,17,19). The Morgan fingerprint density at radius 3 is 2.53 bits per heavy atom. The molecule has 0 radical (unpaired) electrons. The molecule has 4 nitrogen and oxygen atoms in total. The molecule has 0 fully saturated rings. The molecule has 0 aromatic heterocycles. The van der Waals surface area contributed by atoms with E-state index in [1.54, 1.807) is 0 Å². The number of hydrogen-bond donors (Lipinski definition) is 3. The van der Waals surface area contributed by atoms with Gasteiger partial charge in [0.25, 0.3) is 5.91 Å². The molecule has 0 aliphatic carbocycles. The second kappa shape index (κ2) is 5.92. The van der Waals surface area contributed by atoms with Crippen LogP contribution in [0.5, 0.6) is 0 Å². The molecule has 0 saturated heterocycles. The zero-order chi connectivity index (χ0) is 14.6. The zero-order valence-corrected chi connectivity index (χ0v) is 10.4. The minimum absolute atomic E-state index is 0.150. The fourth-order valence-electron chi connectivity index (χ4n) is 1.46. The molecule has 1 rings (SSSR count). The molecule has 1 unspecified atom stereocenters. The van der Waals surface area contributed by atoms with Crippen LogP contribution in [0.3, 0.4) is 0 Å². The van der Waals surface area contributed by atoms with Crippen LogP contribution in [0.15, 0.2) is 18.2 Å². The van der Waals surface area contributed by atoms with Gasteiger partial charge in [0.05, 0.1) is 11.1 Å². The summed E-state index contributed by atoms with van der Waals surface area (Å²) in [6.07, 6.45) is -3.80. The zero-order valence-electron chi connectivity index (χ0n) is 10.4. The van der Waals surface area contributed by atoms with Gasteiger partial charge in [0.15, 0.2) is 0 Å². The van der Waals surface area contributed by atoms with Gasteiger partial charge in [0.1, 0.15) is 0 Å². The van der Waals surface area contributed by atoms with Crippen LogP contribution in [-0.4, -0.2) is 18.5 Å². The number of halogens is 3. The Morgan fingerprint density at radius 2 is 2.05 bits per heavy atom. The molecule has 1 aromatic rings. The SMILES string of the molecule is CCC(N)CNc1ccc(C(F)(F)F)cc1C(N)=O. The van der Waals surface area contributed by atoms with Gasteiger partial charge in [-0.05, 0) is 24.6 Å². The van der Waals surface area contributed by atoms with Gasteiger partial charge in [0.2, 0.25) is 0 Å². The summed E-state index contributed by atoms with van der Waals surface area (Å²) < 4.78 is 37.6. The van der Waals surface area contributed by atoms with Crippen LogP contribution in [0.25, 0.3) is 0 Å². The Labute approximate surface area is 109 Å². The first kappa shape index (κ1) is 15.3. The van der Waals surface area contributed by atoms with Crippen LogP contribution in [-0.2, 0) is 6.18 Å². The lowest BCUT2D eigenvalue weighted by atomic mass is 10.1. The fraction of sp³-hybridized carbons (Fsp3) is 0.417. The van der Waals surface area contributed by atoms with E-state index in [-0.39, 0.29) is 17.3 Å². The summed E-state index contributed by atoms with van der Waals surface area (Å²) >= 11 is 0. The highest BCUT2D eigenvalue weighted by Crippen LogP contribution is 2.31. The van der Waals surface area contributed by atoms with Crippen LogP contribution < -0.4 is 16.8 Å². The number of anilines is 1. The van der Waals surface area contributed by atoms with Gasteiger partial charge < -0.3 is 16.8 Å². The van der Waals surface area contributed by atoms with Crippen molar-refractivity contribution < 1.29 is 18.0 Å². The van der Waals surface area contributed by atoms with E-state index >= 15 is 0 Å². The number of rotatable bonds is 5. The number of nitrogens with one attached hydrogen (secondary N) is 1. The highest BCUT2D eigenvalue weighted by Gasteiger charge is 2.31. The Hall–Kier alpha value is -1.76. The van der Waals surface area contributed by atoms with Crippen molar-refractivity contribution in [3.05, 3.63) is 29.3 Å². The number of carbonyl (C=O) groups is 1. The summed E-state index contributed by atoms with van der Waals surface area (Å²) in [5, 5.41) is 2.83. The average Bonchev–Trinajstić information content (AvgIpc) is 2.34. The summed E-state index contributed by atoms with van der Waals surface area (Å²) in [7, 11) is 0. The smallest absolute Gasteiger partial charge is 0.383 e. The Morgan fingerprint density at radius 1 is 1.42 bits per heavy atom. The second-order valence-corrected chi connectivity index (χ2v) is 4.17. The predicted molar refractivity (Wildman–Crippen MR) is 66.7 cm³/mol. The number of alkyl halides is 3. The number of amides is 1. The molecule has 0 heterocycles. The number of primary amides is 1. The first-order valence-corrected chi connectivity index (χ1v) is 5.76.